The van der Waals surface area contributed by atoms with Crippen molar-refractivity contribution in [3.63, 3.8) is 0 Å². The highest BCUT2D eigenvalue weighted by Crippen LogP contribution is 2.27. The highest BCUT2D eigenvalue weighted by molar-refractivity contribution is 7.88. The zero-order valence-corrected chi connectivity index (χ0v) is 20.1. The molecule has 0 aliphatic carbocycles. The van der Waals surface area contributed by atoms with Gasteiger partial charge in [0.25, 0.3) is 0 Å². The molecule has 4 rings (SSSR count). The van der Waals surface area contributed by atoms with E-state index in [0.29, 0.717) is 26.0 Å². The van der Waals surface area contributed by atoms with Crippen molar-refractivity contribution in [2.45, 2.75) is 18.6 Å². The molecule has 180 valence electrons. The number of nitrogens with one attached hydrogen (secondary N) is 1. The summed E-state index contributed by atoms with van der Waals surface area (Å²) in [6.45, 7) is 1.10. The van der Waals surface area contributed by atoms with Gasteiger partial charge < -0.3 is 10.1 Å². The fraction of sp³-hybridized carbons (Fsp3) is 0.320. The Morgan fingerprint density at radius 1 is 1.06 bits per heavy atom. The van der Waals surface area contributed by atoms with Gasteiger partial charge in [-0.25, -0.2) is 17.1 Å². The number of sulfonamides is 1. The summed E-state index contributed by atoms with van der Waals surface area (Å²) in [5, 5.41) is 5.07. The number of hydrogen-bond donors (Lipinski definition) is 1. The van der Waals surface area contributed by atoms with Crippen molar-refractivity contribution < 1.29 is 22.3 Å². The summed E-state index contributed by atoms with van der Waals surface area (Å²) in [5.74, 6) is -0.769. The van der Waals surface area contributed by atoms with E-state index >= 15 is 0 Å². The molecule has 9 heteroatoms. The quantitative estimate of drug-likeness (QED) is 0.462. The largest absolute Gasteiger partial charge is 0.491 e. The number of hydrogen-bond acceptors (Lipinski definition) is 4. The fourth-order valence-electron chi connectivity index (χ4n) is 4.14. The molecule has 34 heavy (non-hydrogen) atoms. The van der Waals surface area contributed by atoms with Crippen molar-refractivity contribution in [3.05, 3.63) is 77.1 Å². The second-order valence-corrected chi connectivity index (χ2v) is 10.6. The molecule has 0 aromatic heterocycles. The van der Waals surface area contributed by atoms with Gasteiger partial charge in [-0.15, -0.1) is 0 Å². The average Bonchev–Trinajstić information content (AvgIpc) is 2.84. The summed E-state index contributed by atoms with van der Waals surface area (Å²) in [6.07, 6.45) is 0.806. The second-order valence-electron chi connectivity index (χ2n) is 8.25. The number of carbonyl (C=O) groups excluding carboxylic acids is 1. The van der Waals surface area contributed by atoms with Gasteiger partial charge in [-0.05, 0) is 36.4 Å². The van der Waals surface area contributed by atoms with Gasteiger partial charge in [0, 0.05) is 35.0 Å². The number of halogens is 2. The zero-order valence-electron chi connectivity index (χ0n) is 18.5. The van der Waals surface area contributed by atoms with Crippen LogP contribution >= 0.6 is 11.6 Å². The van der Waals surface area contributed by atoms with Gasteiger partial charge in [-0.2, -0.15) is 0 Å². The Morgan fingerprint density at radius 2 is 1.76 bits per heavy atom. The van der Waals surface area contributed by atoms with E-state index in [0.717, 1.165) is 16.5 Å². The number of nitrogens with zero attached hydrogens (tertiary/aromatic N) is 1. The van der Waals surface area contributed by atoms with Crippen LogP contribution in [0.2, 0.25) is 5.02 Å². The molecule has 1 heterocycles. The van der Waals surface area contributed by atoms with Crippen LogP contribution in [-0.2, 0) is 20.6 Å². The molecule has 1 saturated heterocycles. The van der Waals surface area contributed by atoms with Crippen molar-refractivity contribution in [1.82, 2.24) is 9.62 Å². The van der Waals surface area contributed by atoms with Crippen molar-refractivity contribution in [2.24, 2.45) is 5.92 Å². The first kappa shape index (κ1) is 24.4. The topological polar surface area (TPSA) is 75.7 Å². The van der Waals surface area contributed by atoms with Crippen LogP contribution < -0.4 is 10.1 Å². The lowest BCUT2D eigenvalue weighted by atomic mass is 9.97. The van der Waals surface area contributed by atoms with Crippen molar-refractivity contribution in [1.29, 1.82) is 0 Å². The van der Waals surface area contributed by atoms with Gasteiger partial charge in [0.15, 0.2) is 0 Å². The van der Waals surface area contributed by atoms with Gasteiger partial charge >= 0.3 is 0 Å². The Kier molecular flexibility index (Phi) is 7.70. The summed E-state index contributed by atoms with van der Waals surface area (Å²) >= 11 is 5.98. The Bertz CT molecular complexity index is 1250. The van der Waals surface area contributed by atoms with E-state index in [-0.39, 0.29) is 35.5 Å². The molecule has 3 aromatic carbocycles. The third-order valence-electron chi connectivity index (χ3n) is 6.02. The molecule has 0 saturated carbocycles. The molecule has 0 unspecified atom stereocenters. The normalized spacial score (nSPS) is 15.4. The van der Waals surface area contributed by atoms with Crippen LogP contribution in [-0.4, -0.2) is 44.9 Å². The predicted molar refractivity (Wildman–Crippen MR) is 131 cm³/mol. The molecule has 0 radical (unpaired) electrons. The van der Waals surface area contributed by atoms with Crippen LogP contribution in [0.15, 0.2) is 60.7 Å². The van der Waals surface area contributed by atoms with Crippen LogP contribution in [0.4, 0.5) is 4.39 Å². The Balaban J connectivity index is 1.24. The lowest BCUT2D eigenvalue weighted by Crippen LogP contribution is -2.44. The first-order chi connectivity index (χ1) is 16.3. The number of piperidine rings is 1. The number of fused-ring (bicyclic) bond motifs is 1. The molecule has 0 spiro atoms. The van der Waals surface area contributed by atoms with Crippen LogP contribution in [0, 0.1) is 11.7 Å². The lowest BCUT2D eigenvalue weighted by Gasteiger charge is -2.30. The molecular formula is C25H26ClFN2O4S. The Labute approximate surface area is 203 Å². The molecule has 1 aliphatic rings. The van der Waals surface area contributed by atoms with Crippen LogP contribution in [0.1, 0.15) is 18.4 Å². The molecular weight excluding hydrogens is 479 g/mol. The van der Waals surface area contributed by atoms with Crippen LogP contribution in [0.25, 0.3) is 10.8 Å². The molecule has 3 aromatic rings. The molecule has 0 atom stereocenters. The number of ether oxygens (including phenoxy) is 1. The first-order valence-corrected chi connectivity index (χ1v) is 13.1. The zero-order chi connectivity index (χ0) is 24.1. The molecule has 6 nitrogen and oxygen atoms in total. The molecule has 1 fully saturated rings. The van der Waals surface area contributed by atoms with Gasteiger partial charge in [0.1, 0.15) is 18.2 Å². The van der Waals surface area contributed by atoms with Crippen molar-refractivity contribution in [3.8, 4) is 5.75 Å². The smallest absolute Gasteiger partial charge is 0.223 e. The molecule has 0 bridgehead atoms. The van der Waals surface area contributed by atoms with Crippen molar-refractivity contribution >= 4 is 38.3 Å². The summed E-state index contributed by atoms with van der Waals surface area (Å²) in [6, 6.07) is 17.9. The Morgan fingerprint density at radius 3 is 2.53 bits per heavy atom. The second kappa shape index (κ2) is 10.7. The lowest BCUT2D eigenvalue weighted by molar-refractivity contribution is -0.126. The van der Waals surface area contributed by atoms with E-state index < -0.39 is 21.6 Å². The minimum Gasteiger partial charge on any atom is -0.491 e. The summed E-state index contributed by atoms with van der Waals surface area (Å²) < 4.78 is 46.7. The predicted octanol–water partition coefficient (Wildman–Crippen LogP) is 4.37. The van der Waals surface area contributed by atoms with Gasteiger partial charge in [-0.3, -0.25) is 4.79 Å². The highest BCUT2D eigenvalue weighted by atomic mass is 35.5. The van der Waals surface area contributed by atoms with E-state index in [1.165, 1.54) is 22.5 Å². The van der Waals surface area contributed by atoms with E-state index in [2.05, 4.69) is 5.32 Å². The highest BCUT2D eigenvalue weighted by Gasteiger charge is 2.32. The standard InChI is InChI=1S/C25H26ClFN2O4S/c26-22-8-4-9-23(27)21(22)17-34(31,32)29-14-11-19(12-15-29)25(30)28-13-16-33-24-10-3-6-18-5-1-2-7-20(18)24/h1-10,19H,11-17H2,(H,28,30). The summed E-state index contributed by atoms with van der Waals surface area (Å²) in [7, 11) is -3.74. The third-order valence-corrected chi connectivity index (χ3v) is 8.17. The molecule has 1 N–H and O–H groups in total. The monoisotopic (exact) mass is 504 g/mol. The number of carbonyl (C=O) groups is 1. The molecule has 1 amide bonds. The molecule has 1 aliphatic heterocycles. The van der Waals surface area contributed by atoms with Crippen molar-refractivity contribution in [2.75, 3.05) is 26.2 Å². The average molecular weight is 505 g/mol. The van der Waals surface area contributed by atoms with Crippen LogP contribution in [0.3, 0.4) is 0 Å². The maximum Gasteiger partial charge on any atom is 0.223 e. The minimum atomic E-state index is -3.74. The number of benzene rings is 3. The van der Waals surface area contributed by atoms with E-state index in [4.69, 9.17) is 16.3 Å². The van der Waals surface area contributed by atoms with E-state index in [1.807, 2.05) is 42.5 Å². The Hall–Kier alpha value is -2.68. The van der Waals surface area contributed by atoms with Gasteiger partial charge in [0.05, 0.1) is 12.3 Å². The van der Waals surface area contributed by atoms with Crippen LogP contribution in [0.5, 0.6) is 5.75 Å². The SMILES string of the molecule is O=C(NCCOc1cccc2ccccc12)C1CCN(S(=O)(=O)Cc2c(F)cccc2Cl)CC1. The fourth-order valence-corrected chi connectivity index (χ4v) is 6.06. The maximum absolute atomic E-state index is 14.0. The minimum absolute atomic E-state index is 0.0322. The number of amides is 1. The third kappa shape index (κ3) is 5.68. The number of rotatable bonds is 8. The van der Waals surface area contributed by atoms with Gasteiger partial charge in [-0.1, -0.05) is 54.1 Å². The maximum atomic E-state index is 14.0. The summed E-state index contributed by atoms with van der Waals surface area (Å²) in [4.78, 5) is 12.6. The van der Waals surface area contributed by atoms with Gasteiger partial charge in [0.2, 0.25) is 15.9 Å². The summed E-state index contributed by atoms with van der Waals surface area (Å²) in [5.41, 5.74) is -0.0322. The first-order valence-electron chi connectivity index (χ1n) is 11.1. The van der Waals surface area contributed by atoms with E-state index in [9.17, 15) is 17.6 Å². The van der Waals surface area contributed by atoms with E-state index in [1.54, 1.807) is 0 Å².